The van der Waals surface area contributed by atoms with Gasteiger partial charge in [0.2, 0.25) is 0 Å². The molecule has 6 nitrogen and oxygen atoms in total. The van der Waals surface area contributed by atoms with Crippen LogP contribution in [0.5, 0.6) is 0 Å². The van der Waals surface area contributed by atoms with Crippen molar-refractivity contribution in [1.82, 2.24) is 20.3 Å². The number of alkyl halides is 4. The van der Waals surface area contributed by atoms with Gasteiger partial charge in [0.15, 0.2) is 5.82 Å². The molecule has 1 fully saturated rings. The fraction of sp³-hybridized carbons (Fsp3) is 0.346. The number of anilines is 2. The summed E-state index contributed by atoms with van der Waals surface area (Å²) in [6, 6.07) is 9.24. The first kappa shape index (κ1) is 25.8. The first-order valence-corrected chi connectivity index (χ1v) is 13.5. The Balaban J connectivity index is 1.45. The Hall–Kier alpha value is -2.80. The molecular formula is C26H25F4IN6. The standard InChI is InChI=1S/C26H25F4IN6/c27-21-4-3-18(14-19(21)16-31)22-15-23(35-24(34-22)17-5-8-32-9-6-17)36-10-12-37(13-11-36)25-20(26(28,29)30)2-1-7-33-25/h1-5,7,14-15,32H,6,8-13,16H2. The Bertz CT molecular complexity index is 1300. The minimum absolute atomic E-state index is 0.0452. The van der Waals surface area contributed by atoms with Crippen molar-refractivity contribution in [1.29, 1.82) is 0 Å². The van der Waals surface area contributed by atoms with Crippen molar-refractivity contribution in [3.63, 3.8) is 0 Å². The van der Waals surface area contributed by atoms with Gasteiger partial charge < -0.3 is 15.1 Å². The predicted octanol–water partition coefficient (Wildman–Crippen LogP) is 5.33. The Morgan fingerprint density at radius 2 is 1.78 bits per heavy atom. The zero-order chi connectivity index (χ0) is 26.0. The fourth-order valence-corrected chi connectivity index (χ4v) is 5.15. The van der Waals surface area contributed by atoms with Gasteiger partial charge in [0, 0.05) is 55.0 Å². The molecule has 5 rings (SSSR count). The molecule has 0 aliphatic carbocycles. The summed E-state index contributed by atoms with van der Waals surface area (Å²) in [4.78, 5) is 17.4. The molecule has 0 spiro atoms. The van der Waals surface area contributed by atoms with E-state index >= 15 is 0 Å². The van der Waals surface area contributed by atoms with Gasteiger partial charge in [-0.2, -0.15) is 13.2 Å². The third-order valence-electron chi connectivity index (χ3n) is 6.54. The summed E-state index contributed by atoms with van der Waals surface area (Å²) in [6.07, 6.45) is -0.213. The number of rotatable bonds is 5. The van der Waals surface area contributed by atoms with Crippen molar-refractivity contribution >= 4 is 39.8 Å². The van der Waals surface area contributed by atoms with E-state index in [1.165, 1.54) is 18.3 Å². The van der Waals surface area contributed by atoms with Gasteiger partial charge in [-0.1, -0.05) is 28.7 Å². The first-order chi connectivity index (χ1) is 17.8. The molecule has 2 aliphatic heterocycles. The SMILES string of the molecule is Fc1ccc(-c2cc(N3CCN(c4ncccc4C(F)(F)F)CC3)nc(C3=CCNCC3)n2)cc1CI. The van der Waals surface area contributed by atoms with Crippen molar-refractivity contribution in [2.75, 3.05) is 49.1 Å². The molecule has 0 unspecified atom stereocenters. The van der Waals surface area contributed by atoms with Gasteiger partial charge in [-0.3, -0.25) is 0 Å². The van der Waals surface area contributed by atoms with Gasteiger partial charge in [-0.25, -0.2) is 19.3 Å². The third kappa shape index (κ3) is 5.71. The molecule has 37 heavy (non-hydrogen) atoms. The number of hydrogen-bond acceptors (Lipinski definition) is 6. The second kappa shape index (κ2) is 10.9. The highest BCUT2D eigenvalue weighted by Gasteiger charge is 2.36. The molecule has 1 aromatic carbocycles. The molecule has 11 heteroatoms. The van der Waals surface area contributed by atoms with Crippen LogP contribution in [-0.2, 0) is 10.6 Å². The van der Waals surface area contributed by atoms with Crippen molar-refractivity contribution in [2.45, 2.75) is 17.0 Å². The lowest BCUT2D eigenvalue weighted by Crippen LogP contribution is -2.47. The number of hydrogen-bond donors (Lipinski definition) is 1. The summed E-state index contributed by atoms with van der Waals surface area (Å²) >= 11 is 2.14. The first-order valence-electron chi connectivity index (χ1n) is 12.0. The van der Waals surface area contributed by atoms with E-state index in [1.807, 2.05) is 12.1 Å². The number of benzene rings is 1. The van der Waals surface area contributed by atoms with Gasteiger partial charge in [-0.05, 0) is 54.4 Å². The molecule has 194 valence electrons. The quantitative estimate of drug-likeness (QED) is 0.235. The number of aromatic nitrogens is 3. The molecule has 1 N–H and O–H groups in total. The Morgan fingerprint density at radius 3 is 2.49 bits per heavy atom. The summed E-state index contributed by atoms with van der Waals surface area (Å²) in [5.41, 5.74) is 2.41. The zero-order valence-corrected chi connectivity index (χ0v) is 22.1. The number of piperazine rings is 1. The maximum atomic E-state index is 14.2. The summed E-state index contributed by atoms with van der Waals surface area (Å²) in [5, 5.41) is 3.29. The minimum atomic E-state index is -4.47. The lowest BCUT2D eigenvalue weighted by atomic mass is 10.1. The number of pyridine rings is 1. The maximum absolute atomic E-state index is 14.2. The van der Waals surface area contributed by atoms with E-state index in [0.717, 1.165) is 36.7 Å². The average Bonchev–Trinajstić information content (AvgIpc) is 2.93. The second-order valence-electron chi connectivity index (χ2n) is 8.90. The van der Waals surface area contributed by atoms with Crippen molar-refractivity contribution in [2.24, 2.45) is 0 Å². The highest BCUT2D eigenvalue weighted by molar-refractivity contribution is 14.1. The van der Waals surface area contributed by atoms with Gasteiger partial charge in [0.25, 0.3) is 0 Å². The summed E-state index contributed by atoms with van der Waals surface area (Å²) < 4.78 is 55.3. The molecule has 0 bridgehead atoms. The van der Waals surface area contributed by atoms with Gasteiger partial charge in [-0.15, -0.1) is 0 Å². The largest absolute Gasteiger partial charge is 0.419 e. The van der Waals surface area contributed by atoms with Crippen LogP contribution in [0.25, 0.3) is 16.8 Å². The normalized spacial score (nSPS) is 16.6. The van der Waals surface area contributed by atoms with Crippen LogP contribution in [0.3, 0.4) is 0 Å². The summed E-state index contributed by atoms with van der Waals surface area (Å²) in [5.74, 6) is 1.03. The molecule has 1 saturated heterocycles. The van der Waals surface area contributed by atoms with Gasteiger partial charge in [0.05, 0.1) is 11.3 Å². The molecule has 2 aromatic heterocycles. The number of nitrogens with one attached hydrogen (secondary N) is 1. The molecule has 0 saturated carbocycles. The Labute approximate surface area is 226 Å². The van der Waals surface area contributed by atoms with E-state index in [4.69, 9.17) is 9.97 Å². The molecule has 0 atom stereocenters. The van der Waals surface area contributed by atoms with Crippen LogP contribution in [0.1, 0.15) is 23.4 Å². The van der Waals surface area contributed by atoms with Gasteiger partial charge in [0.1, 0.15) is 17.5 Å². The third-order valence-corrected chi connectivity index (χ3v) is 7.37. The summed E-state index contributed by atoms with van der Waals surface area (Å²) in [6.45, 7) is 3.26. The van der Waals surface area contributed by atoms with Crippen LogP contribution < -0.4 is 15.1 Å². The Morgan fingerprint density at radius 1 is 1.00 bits per heavy atom. The van der Waals surface area contributed by atoms with E-state index in [9.17, 15) is 17.6 Å². The lowest BCUT2D eigenvalue weighted by Gasteiger charge is -2.37. The molecule has 0 radical (unpaired) electrons. The smallest absolute Gasteiger partial charge is 0.353 e. The zero-order valence-electron chi connectivity index (χ0n) is 19.9. The Kier molecular flexibility index (Phi) is 7.61. The lowest BCUT2D eigenvalue weighted by molar-refractivity contribution is -0.137. The van der Waals surface area contributed by atoms with Crippen LogP contribution in [0.4, 0.5) is 29.2 Å². The monoisotopic (exact) mass is 624 g/mol. The number of halogens is 5. The van der Waals surface area contributed by atoms with Crippen LogP contribution in [0.2, 0.25) is 0 Å². The van der Waals surface area contributed by atoms with Crippen LogP contribution in [0, 0.1) is 5.82 Å². The minimum Gasteiger partial charge on any atom is -0.353 e. The van der Waals surface area contributed by atoms with E-state index < -0.39 is 11.7 Å². The average molecular weight is 624 g/mol. The second-order valence-corrected chi connectivity index (χ2v) is 9.67. The highest BCUT2D eigenvalue weighted by Crippen LogP contribution is 2.36. The predicted molar refractivity (Wildman–Crippen MR) is 144 cm³/mol. The van der Waals surface area contributed by atoms with Crippen molar-refractivity contribution in [3.8, 4) is 11.3 Å². The van der Waals surface area contributed by atoms with Gasteiger partial charge >= 0.3 is 6.18 Å². The van der Waals surface area contributed by atoms with E-state index in [0.29, 0.717) is 53.5 Å². The maximum Gasteiger partial charge on any atom is 0.419 e. The molecule has 4 heterocycles. The molecular weight excluding hydrogens is 599 g/mol. The van der Waals surface area contributed by atoms with Crippen LogP contribution >= 0.6 is 22.6 Å². The van der Waals surface area contributed by atoms with Crippen molar-refractivity contribution in [3.05, 3.63) is 71.4 Å². The topological polar surface area (TPSA) is 57.2 Å². The van der Waals surface area contributed by atoms with Crippen molar-refractivity contribution < 1.29 is 17.6 Å². The highest BCUT2D eigenvalue weighted by atomic mass is 127. The van der Waals surface area contributed by atoms with E-state index in [-0.39, 0.29) is 11.6 Å². The van der Waals surface area contributed by atoms with E-state index in [2.05, 4.69) is 43.9 Å². The molecule has 0 amide bonds. The van der Waals surface area contributed by atoms with Crippen LogP contribution in [0.15, 0.2) is 48.7 Å². The molecule has 2 aliphatic rings. The van der Waals surface area contributed by atoms with Crippen LogP contribution in [-0.4, -0.2) is 54.2 Å². The molecule has 3 aromatic rings. The fourth-order valence-electron chi connectivity index (χ4n) is 4.57. The number of nitrogens with zero attached hydrogens (tertiary/aromatic N) is 5. The summed E-state index contributed by atoms with van der Waals surface area (Å²) in [7, 11) is 0. The van der Waals surface area contributed by atoms with E-state index in [1.54, 1.807) is 11.0 Å².